The quantitative estimate of drug-likeness (QED) is 0.650. The highest BCUT2D eigenvalue weighted by atomic mass is 19.1. The maximum absolute atomic E-state index is 14.7. The number of allylic oxidation sites excluding steroid dienone is 1. The summed E-state index contributed by atoms with van der Waals surface area (Å²) in [6, 6.07) is 3.72. The number of hydrogen-bond donors (Lipinski definition) is 3. The Morgan fingerprint density at radius 2 is 1.72 bits per heavy atom. The third-order valence-electron chi connectivity index (χ3n) is 6.69. The monoisotopic (exact) mass is 441 g/mol. The zero-order valence-electron chi connectivity index (χ0n) is 18.8. The number of hydrogen-bond acceptors (Lipinski definition) is 7. The van der Waals surface area contributed by atoms with Gasteiger partial charge in [0.15, 0.2) is 0 Å². The molecule has 32 heavy (non-hydrogen) atoms. The van der Waals surface area contributed by atoms with Crippen LogP contribution >= 0.6 is 0 Å². The number of nitrogens with one attached hydrogen (secondary N) is 3. The van der Waals surface area contributed by atoms with Crippen molar-refractivity contribution in [1.82, 2.24) is 30.9 Å². The molecule has 0 spiro atoms. The van der Waals surface area contributed by atoms with Gasteiger partial charge in [-0.25, -0.2) is 18.8 Å². The molecule has 0 aliphatic carbocycles. The fourth-order valence-corrected chi connectivity index (χ4v) is 4.59. The van der Waals surface area contributed by atoms with Gasteiger partial charge in [-0.1, -0.05) is 6.07 Å². The average molecular weight is 442 g/mol. The normalized spacial score (nSPS) is 26.5. The zero-order valence-corrected chi connectivity index (χ0v) is 18.8. The first kappa shape index (κ1) is 21.0. The highest BCUT2D eigenvalue weighted by Crippen LogP contribution is 2.34. The molecule has 1 aromatic rings. The van der Waals surface area contributed by atoms with E-state index in [2.05, 4.69) is 39.0 Å². The summed E-state index contributed by atoms with van der Waals surface area (Å²) in [6.45, 7) is 7.95. The van der Waals surface area contributed by atoms with Crippen LogP contribution in [0.15, 0.2) is 57.8 Å². The molecule has 4 heterocycles. The Morgan fingerprint density at radius 1 is 1.03 bits per heavy atom. The van der Waals surface area contributed by atoms with E-state index in [1.54, 1.807) is 0 Å². The second-order valence-corrected chi connectivity index (χ2v) is 8.85. The molecule has 0 saturated carbocycles. The van der Waals surface area contributed by atoms with Gasteiger partial charge in [-0.2, -0.15) is 0 Å². The Morgan fingerprint density at radius 3 is 2.41 bits per heavy atom. The molecular formula is C23H29F2N7. The molecule has 5 rings (SSSR count). The summed E-state index contributed by atoms with van der Waals surface area (Å²) >= 11 is 0. The van der Waals surface area contributed by atoms with E-state index in [0.717, 1.165) is 54.7 Å². The second-order valence-electron chi connectivity index (χ2n) is 8.85. The molecule has 1 fully saturated rings. The Hall–Kier alpha value is -2.91. The molecule has 0 amide bonds. The molecule has 0 aromatic heterocycles. The molecular weight excluding hydrogens is 412 g/mol. The molecule has 1 saturated heterocycles. The summed E-state index contributed by atoms with van der Waals surface area (Å²) < 4.78 is 29.4. The molecule has 2 atom stereocenters. The SMILES string of the molecule is CC1NC(N2CCN(C)CC2)=CC2=C1N=C(c1c(F)cccc1F)NC1=C2NN(C)C1C. The summed E-state index contributed by atoms with van der Waals surface area (Å²) in [6.07, 6.45) is 2.11. The average Bonchev–Trinajstić information content (AvgIpc) is 2.93. The predicted octanol–water partition coefficient (Wildman–Crippen LogP) is 1.70. The van der Waals surface area contributed by atoms with Crippen LogP contribution in [0.3, 0.4) is 0 Å². The Kier molecular flexibility index (Phi) is 5.17. The van der Waals surface area contributed by atoms with Crippen molar-refractivity contribution >= 4 is 5.84 Å². The number of amidine groups is 1. The van der Waals surface area contributed by atoms with E-state index in [-0.39, 0.29) is 23.5 Å². The predicted molar refractivity (Wildman–Crippen MR) is 120 cm³/mol. The summed E-state index contributed by atoms with van der Waals surface area (Å²) in [5.74, 6) is -0.0397. The lowest BCUT2D eigenvalue weighted by Crippen LogP contribution is -2.49. The van der Waals surface area contributed by atoms with Crippen LogP contribution < -0.4 is 16.1 Å². The van der Waals surface area contributed by atoms with E-state index in [1.807, 2.05) is 25.9 Å². The molecule has 0 bridgehead atoms. The third-order valence-corrected chi connectivity index (χ3v) is 6.69. The Bertz CT molecular complexity index is 1050. The van der Waals surface area contributed by atoms with Crippen LogP contribution in [0.5, 0.6) is 0 Å². The van der Waals surface area contributed by atoms with E-state index < -0.39 is 11.6 Å². The van der Waals surface area contributed by atoms with Crippen LogP contribution in [0.25, 0.3) is 0 Å². The van der Waals surface area contributed by atoms with Crippen molar-refractivity contribution in [2.45, 2.75) is 25.9 Å². The van der Waals surface area contributed by atoms with Gasteiger partial charge in [-0.15, -0.1) is 0 Å². The lowest BCUT2D eigenvalue weighted by molar-refractivity contribution is 0.175. The van der Waals surface area contributed by atoms with Gasteiger partial charge in [0.1, 0.15) is 23.3 Å². The van der Waals surface area contributed by atoms with Crippen LogP contribution in [-0.4, -0.2) is 73.0 Å². The number of dihydropyridines is 1. The number of rotatable bonds is 2. The van der Waals surface area contributed by atoms with E-state index in [1.165, 1.54) is 18.2 Å². The molecule has 2 unspecified atom stereocenters. The highest BCUT2D eigenvalue weighted by molar-refractivity contribution is 6.01. The van der Waals surface area contributed by atoms with E-state index in [9.17, 15) is 8.78 Å². The van der Waals surface area contributed by atoms with Gasteiger partial charge in [-0.05, 0) is 39.1 Å². The Labute approximate surface area is 187 Å². The first-order valence-corrected chi connectivity index (χ1v) is 11.0. The summed E-state index contributed by atoms with van der Waals surface area (Å²) in [4.78, 5) is 9.44. The van der Waals surface area contributed by atoms with E-state index in [0.29, 0.717) is 0 Å². The molecule has 3 N–H and O–H groups in total. The molecule has 9 heteroatoms. The number of aliphatic imine (C=N–C) groups is 1. The van der Waals surface area contributed by atoms with Crippen molar-refractivity contribution in [1.29, 1.82) is 0 Å². The van der Waals surface area contributed by atoms with Gasteiger partial charge in [0.2, 0.25) is 0 Å². The largest absolute Gasteiger partial charge is 0.364 e. The van der Waals surface area contributed by atoms with Crippen molar-refractivity contribution in [3.63, 3.8) is 0 Å². The number of halogens is 2. The van der Waals surface area contributed by atoms with Crippen LogP contribution in [0, 0.1) is 11.6 Å². The molecule has 4 aliphatic rings. The minimum atomic E-state index is -0.639. The van der Waals surface area contributed by atoms with Gasteiger partial charge in [-0.3, -0.25) is 0 Å². The lowest BCUT2D eigenvalue weighted by atomic mass is 10.00. The maximum Gasteiger partial charge on any atom is 0.143 e. The van der Waals surface area contributed by atoms with Gasteiger partial charge in [0.05, 0.1) is 34.7 Å². The zero-order chi connectivity index (χ0) is 22.6. The first-order chi connectivity index (χ1) is 15.3. The molecule has 170 valence electrons. The number of nitrogens with zero attached hydrogens (tertiary/aromatic N) is 4. The number of likely N-dealkylation sites (N-methyl/N-ethyl adjacent to an activating group) is 2. The standard InChI is InChI=1S/C23H29F2N7/c1-13-20-15(12-18(26-13)32-10-8-30(3)9-11-32)22-21(14(2)31(4)29-22)28-23(27-20)19-16(24)6-5-7-17(19)25/h5-7,12-14,26,29H,8-11H2,1-4H3,(H,27,28). The van der Waals surface area contributed by atoms with E-state index in [4.69, 9.17) is 4.99 Å². The molecule has 7 nitrogen and oxygen atoms in total. The minimum Gasteiger partial charge on any atom is -0.364 e. The number of piperazine rings is 1. The minimum absolute atomic E-state index is 0.0254. The number of fused-ring (bicyclic) bond motifs is 1. The van der Waals surface area contributed by atoms with Crippen molar-refractivity contribution in [2.75, 3.05) is 40.3 Å². The molecule has 1 aromatic carbocycles. The summed E-state index contributed by atoms with van der Waals surface area (Å²) in [5, 5.41) is 8.80. The van der Waals surface area contributed by atoms with Crippen molar-refractivity contribution < 1.29 is 8.78 Å². The smallest absolute Gasteiger partial charge is 0.143 e. The van der Waals surface area contributed by atoms with Crippen LogP contribution in [0.2, 0.25) is 0 Å². The lowest BCUT2D eigenvalue weighted by Gasteiger charge is -2.38. The van der Waals surface area contributed by atoms with Crippen molar-refractivity contribution in [2.24, 2.45) is 4.99 Å². The molecule has 4 aliphatic heterocycles. The first-order valence-electron chi connectivity index (χ1n) is 11.0. The second kappa shape index (κ2) is 7.90. The van der Waals surface area contributed by atoms with Gasteiger partial charge in [0, 0.05) is 38.8 Å². The summed E-state index contributed by atoms with van der Waals surface area (Å²) in [5.41, 5.74) is 6.71. The van der Waals surface area contributed by atoms with Crippen LogP contribution in [0.4, 0.5) is 8.78 Å². The van der Waals surface area contributed by atoms with Crippen LogP contribution in [-0.2, 0) is 0 Å². The molecule has 0 radical (unpaired) electrons. The fraction of sp³-hybridized carbons (Fsp3) is 0.435. The van der Waals surface area contributed by atoms with Gasteiger partial charge >= 0.3 is 0 Å². The number of benzene rings is 1. The Balaban J connectivity index is 1.64. The van der Waals surface area contributed by atoms with Gasteiger partial charge in [0.25, 0.3) is 0 Å². The fourth-order valence-electron chi connectivity index (χ4n) is 4.59. The van der Waals surface area contributed by atoms with Crippen molar-refractivity contribution in [3.8, 4) is 0 Å². The summed E-state index contributed by atoms with van der Waals surface area (Å²) in [7, 11) is 4.09. The topological polar surface area (TPSA) is 58.2 Å². The highest BCUT2D eigenvalue weighted by Gasteiger charge is 2.36. The maximum atomic E-state index is 14.7. The van der Waals surface area contributed by atoms with Crippen molar-refractivity contribution in [3.05, 3.63) is 70.0 Å². The van der Waals surface area contributed by atoms with E-state index >= 15 is 0 Å². The number of hydrazine groups is 1. The van der Waals surface area contributed by atoms with Crippen LogP contribution in [0.1, 0.15) is 19.4 Å². The van der Waals surface area contributed by atoms with Gasteiger partial charge < -0.3 is 25.9 Å². The third kappa shape index (κ3) is 3.45.